The molecule has 6 nitrogen and oxygen atoms in total. The van der Waals surface area contributed by atoms with Crippen molar-refractivity contribution >= 4 is 11.7 Å². The van der Waals surface area contributed by atoms with Crippen LogP contribution in [0, 0.1) is 0 Å². The van der Waals surface area contributed by atoms with Gasteiger partial charge in [-0.1, -0.05) is 24.3 Å². The fraction of sp³-hybridized carbons (Fsp3) is 0.478. The summed E-state index contributed by atoms with van der Waals surface area (Å²) in [6, 6.07) is 12.7. The molecule has 154 valence electrons. The Hall–Kier alpha value is -2.44. The number of nitrogens with zero attached hydrogens (tertiary/aromatic N) is 3. The van der Waals surface area contributed by atoms with Gasteiger partial charge in [0.2, 0.25) is 5.91 Å². The summed E-state index contributed by atoms with van der Waals surface area (Å²) in [5, 5.41) is 3.08. The van der Waals surface area contributed by atoms with Gasteiger partial charge in [-0.25, -0.2) is 4.98 Å². The Morgan fingerprint density at radius 3 is 2.79 bits per heavy atom. The summed E-state index contributed by atoms with van der Waals surface area (Å²) >= 11 is 0. The number of carbonyl (C=O) groups excluding carboxylic acids is 1. The van der Waals surface area contributed by atoms with E-state index >= 15 is 0 Å². The van der Waals surface area contributed by atoms with Crippen molar-refractivity contribution in [3.63, 3.8) is 0 Å². The molecule has 2 aliphatic rings. The molecule has 1 amide bonds. The highest BCUT2D eigenvalue weighted by molar-refractivity contribution is 5.76. The van der Waals surface area contributed by atoms with Gasteiger partial charge in [0.25, 0.3) is 0 Å². The van der Waals surface area contributed by atoms with Crippen LogP contribution in [-0.2, 0) is 28.9 Å². The summed E-state index contributed by atoms with van der Waals surface area (Å²) in [4.78, 5) is 21.4. The summed E-state index contributed by atoms with van der Waals surface area (Å²) in [7, 11) is 0. The van der Waals surface area contributed by atoms with Gasteiger partial charge >= 0.3 is 0 Å². The van der Waals surface area contributed by atoms with Gasteiger partial charge in [-0.2, -0.15) is 0 Å². The van der Waals surface area contributed by atoms with Crippen LogP contribution in [0.2, 0.25) is 0 Å². The molecule has 1 saturated heterocycles. The fourth-order valence-corrected chi connectivity index (χ4v) is 4.03. The number of hydrogen-bond acceptors (Lipinski definition) is 5. The third-order valence-corrected chi connectivity index (χ3v) is 5.75. The highest BCUT2D eigenvalue weighted by Crippen LogP contribution is 2.18. The lowest BCUT2D eigenvalue weighted by atomic mass is 10.00. The average Bonchev–Trinajstić information content (AvgIpc) is 2.78. The van der Waals surface area contributed by atoms with Gasteiger partial charge in [-0.3, -0.25) is 9.69 Å². The topological polar surface area (TPSA) is 57.7 Å². The Bertz CT molecular complexity index is 820. The maximum Gasteiger partial charge on any atom is 0.220 e. The molecule has 2 aromatic rings. The highest BCUT2D eigenvalue weighted by atomic mass is 16.5. The van der Waals surface area contributed by atoms with Crippen LogP contribution in [0.1, 0.15) is 23.1 Å². The van der Waals surface area contributed by atoms with E-state index in [1.807, 2.05) is 12.3 Å². The van der Waals surface area contributed by atoms with Gasteiger partial charge in [-0.05, 0) is 41.7 Å². The number of nitrogens with one attached hydrogen (secondary N) is 1. The Balaban J connectivity index is 1.18. The number of aromatic nitrogens is 1. The van der Waals surface area contributed by atoms with Gasteiger partial charge in [-0.15, -0.1) is 0 Å². The van der Waals surface area contributed by atoms with E-state index in [4.69, 9.17) is 4.74 Å². The third kappa shape index (κ3) is 5.55. The monoisotopic (exact) mass is 394 g/mol. The van der Waals surface area contributed by atoms with Gasteiger partial charge in [0, 0.05) is 51.9 Å². The van der Waals surface area contributed by atoms with E-state index in [0.717, 1.165) is 70.2 Å². The van der Waals surface area contributed by atoms with Crippen molar-refractivity contribution in [3.8, 4) is 0 Å². The number of anilines is 1. The van der Waals surface area contributed by atoms with E-state index in [1.54, 1.807) is 0 Å². The molecule has 29 heavy (non-hydrogen) atoms. The normalized spacial score (nSPS) is 17.0. The number of carbonyl (C=O) groups is 1. The number of amides is 1. The summed E-state index contributed by atoms with van der Waals surface area (Å²) in [5.74, 6) is 1.10. The van der Waals surface area contributed by atoms with E-state index in [9.17, 15) is 4.79 Å². The smallest absolute Gasteiger partial charge is 0.220 e. The Morgan fingerprint density at radius 2 is 1.93 bits per heavy atom. The van der Waals surface area contributed by atoms with Gasteiger partial charge in [0.1, 0.15) is 5.82 Å². The fourth-order valence-electron chi connectivity index (χ4n) is 4.03. The number of morpholine rings is 1. The number of benzene rings is 1. The number of fused-ring (bicyclic) bond motifs is 1. The van der Waals surface area contributed by atoms with Crippen LogP contribution in [0.5, 0.6) is 0 Å². The van der Waals surface area contributed by atoms with Crippen LogP contribution >= 0.6 is 0 Å². The largest absolute Gasteiger partial charge is 0.378 e. The zero-order valence-corrected chi connectivity index (χ0v) is 17.0. The molecule has 1 fully saturated rings. The molecule has 1 N–H and O–H groups in total. The molecule has 2 aliphatic heterocycles. The first-order chi connectivity index (χ1) is 14.3. The molecule has 0 radical (unpaired) electrons. The van der Waals surface area contributed by atoms with Crippen molar-refractivity contribution in [1.82, 2.24) is 15.2 Å². The molecule has 0 saturated carbocycles. The highest BCUT2D eigenvalue weighted by Gasteiger charge is 2.16. The second-order valence-electron chi connectivity index (χ2n) is 7.77. The molecular formula is C23H30N4O2. The number of pyridine rings is 1. The van der Waals surface area contributed by atoms with Crippen molar-refractivity contribution < 1.29 is 9.53 Å². The standard InChI is InChI=1S/C23H30N4O2/c28-23(25-10-12-26-11-8-20-3-1-2-4-21(20)18-26)6-5-19-7-9-24-22(17-19)27-13-15-29-16-14-27/h1-4,7,9,17H,5-6,8,10-16,18H2,(H,25,28). The van der Waals surface area contributed by atoms with Crippen molar-refractivity contribution in [3.05, 3.63) is 59.3 Å². The molecule has 6 heteroatoms. The maximum atomic E-state index is 12.3. The molecule has 0 spiro atoms. The lowest BCUT2D eigenvalue weighted by molar-refractivity contribution is -0.121. The van der Waals surface area contributed by atoms with Crippen molar-refractivity contribution in [2.75, 3.05) is 50.8 Å². The second kappa shape index (κ2) is 9.85. The van der Waals surface area contributed by atoms with Crippen molar-refractivity contribution in [1.29, 1.82) is 0 Å². The van der Waals surface area contributed by atoms with Gasteiger partial charge < -0.3 is 15.0 Å². The van der Waals surface area contributed by atoms with E-state index in [-0.39, 0.29) is 5.91 Å². The third-order valence-electron chi connectivity index (χ3n) is 5.75. The number of rotatable bonds is 7. The molecule has 1 aromatic heterocycles. The number of hydrogen-bond donors (Lipinski definition) is 1. The molecule has 3 heterocycles. The number of ether oxygens (including phenoxy) is 1. The first-order valence-electron chi connectivity index (χ1n) is 10.6. The predicted molar refractivity (Wildman–Crippen MR) is 114 cm³/mol. The molecule has 0 unspecified atom stereocenters. The minimum Gasteiger partial charge on any atom is -0.378 e. The molecule has 0 atom stereocenters. The van der Waals surface area contributed by atoms with Crippen molar-refractivity contribution in [2.24, 2.45) is 0 Å². The molecule has 4 rings (SSSR count). The van der Waals surface area contributed by atoms with Crippen LogP contribution in [0.25, 0.3) is 0 Å². The van der Waals surface area contributed by atoms with Crippen molar-refractivity contribution in [2.45, 2.75) is 25.8 Å². The summed E-state index contributed by atoms with van der Waals surface area (Å²) in [5.41, 5.74) is 4.03. The van der Waals surface area contributed by atoms with Crippen LogP contribution in [0.15, 0.2) is 42.6 Å². The molecule has 0 bridgehead atoms. The van der Waals surface area contributed by atoms with E-state index in [2.05, 4.69) is 50.4 Å². The minimum absolute atomic E-state index is 0.118. The Kier molecular flexibility index (Phi) is 6.75. The average molecular weight is 395 g/mol. The number of aryl methyl sites for hydroxylation is 1. The SMILES string of the molecule is O=C(CCc1ccnc(N2CCOCC2)c1)NCCN1CCc2ccccc2C1. The van der Waals surface area contributed by atoms with Crippen LogP contribution in [0.3, 0.4) is 0 Å². The van der Waals surface area contributed by atoms with Crippen LogP contribution < -0.4 is 10.2 Å². The molecule has 1 aromatic carbocycles. The summed E-state index contributed by atoms with van der Waals surface area (Å²) < 4.78 is 5.40. The predicted octanol–water partition coefficient (Wildman–Crippen LogP) is 2.03. The first kappa shape index (κ1) is 19.9. The zero-order chi connectivity index (χ0) is 19.9. The zero-order valence-electron chi connectivity index (χ0n) is 17.0. The van der Waals surface area contributed by atoms with Crippen LogP contribution in [-0.4, -0.2) is 61.7 Å². The molecular weight excluding hydrogens is 364 g/mol. The maximum absolute atomic E-state index is 12.3. The lowest BCUT2D eigenvalue weighted by Crippen LogP contribution is -2.37. The minimum atomic E-state index is 0.118. The van der Waals surface area contributed by atoms with E-state index < -0.39 is 0 Å². The second-order valence-corrected chi connectivity index (χ2v) is 7.77. The lowest BCUT2D eigenvalue weighted by Gasteiger charge is -2.28. The molecule has 0 aliphatic carbocycles. The Labute approximate surface area is 172 Å². The van der Waals surface area contributed by atoms with Gasteiger partial charge in [0.05, 0.1) is 13.2 Å². The van der Waals surface area contributed by atoms with Crippen LogP contribution in [0.4, 0.5) is 5.82 Å². The first-order valence-corrected chi connectivity index (χ1v) is 10.6. The van der Waals surface area contributed by atoms with Gasteiger partial charge in [0.15, 0.2) is 0 Å². The Morgan fingerprint density at radius 1 is 1.10 bits per heavy atom. The van der Waals surface area contributed by atoms with E-state index in [0.29, 0.717) is 13.0 Å². The quantitative estimate of drug-likeness (QED) is 0.779. The summed E-state index contributed by atoms with van der Waals surface area (Å²) in [6.07, 6.45) is 4.18. The summed E-state index contributed by atoms with van der Waals surface area (Å²) in [6.45, 7) is 6.89. The van der Waals surface area contributed by atoms with E-state index in [1.165, 1.54) is 11.1 Å².